The van der Waals surface area contributed by atoms with Crippen LogP contribution in [-0.4, -0.2) is 17.6 Å². The molecular formula is C20H17F3N2O3. The fourth-order valence-electron chi connectivity index (χ4n) is 2.83. The molecule has 0 spiro atoms. The van der Waals surface area contributed by atoms with Crippen LogP contribution in [0.25, 0.3) is 0 Å². The van der Waals surface area contributed by atoms with E-state index >= 15 is 0 Å². The van der Waals surface area contributed by atoms with Crippen molar-refractivity contribution < 1.29 is 27.6 Å². The van der Waals surface area contributed by atoms with Crippen LogP contribution in [-0.2, 0) is 15.8 Å². The monoisotopic (exact) mass is 390 g/mol. The van der Waals surface area contributed by atoms with E-state index < -0.39 is 34.7 Å². The van der Waals surface area contributed by atoms with Gasteiger partial charge in [-0.1, -0.05) is 24.3 Å². The van der Waals surface area contributed by atoms with Gasteiger partial charge >= 0.3 is 6.18 Å². The van der Waals surface area contributed by atoms with Crippen LogP contribution >= 0.6 is 0 Å². The zero-order valence-corrected chi connectivity index (χ0v) is 14.9. The molecule has 28 heavy (non-hydrogen) atoms. The topological polar surface area (TPSA) is 75.3 Å². The van der Waals surface area contributed by atoms with Gasteiger partial charge in [0.25, 0.3) is 0 Å². The molecule has 146 valence electrons. The molecule has 0 heterocycles. The van der Waals surface area contributed by atoms with Gasteiger partial charge < -0.3 is 10.6 Å². The lowest BCUT2D eigenvalue weighted by atomic mass is 10.0. The number of alkyl halides is 3. The smallest absolute Gasteiger partial charge is 0.325 e. The number of rotatable bonds is 5. The Labute approximate surface area is 158 Å². The van der Waals surface area contributed by atoms with Crippen LogP contribution in [0.2, 0.25) is 0 Å². The van der Waals surface area contributed by atoms with Crippen molar-refractivity contribution >= 4 is 29.0 Å². The van der Waals surface area contributed by atoms with Crippen molar-refractivity contribution in [1.82, 2.24) is 0 Å². The van der Waals surface area contributed by atoms with E-state index in [-0.39, 0.29) is 18.6 Å². The molecule has 1 aliphatic carbocycles. The van der Waals surface area contributed by atoms with Crippen molar-refractivity contribution in [3.8, 4) is 0 Å². The van der Waals surface area contributed by atoms with Crippen LogP contribution in [0.1, 0.15) is 35.7 Å². The van der Waals surface area contributed by atoms with Gasteiger partial charge in [0.1, 0.15) is 5.41 Å². The number of hydrogen-bond acceptors (Lipinski definition) is 3. The highest BCUT2D eigenvalue weighted by molar-refractivity contribution is 6.17. The second-order valence-corrected chi connectivity index (χ2v) is 6.67. The van der Waals surface area contributed by atoms with E-state index in [1.54, 1.807) is 18.2 Å². The third-order valence-electron chi connectivity index (χ3n) is 4.63. The van der Waals surface area contributed by atoms with Gasteiger partial charge in [0, 0.05) is 11.3 Å². The molecule has 0 saturated heterocycles. The lowest BCUT2D eigenvalue weighted by molar-refractivity contribution is -0.137. The first-order chi connectivity index (χ1) is 13.1. The number of benzene rings is 2. The van der Waals surface area contributed by atoms with E-state index in [1.807, 2.05) is 0 Å². The van der Waals surface area contributed by atoms with Gasteiger partial charge in [0.2, 0.25) is 11.8 Å². The maximum absolute atomic E-state index is 13.1. The number of ketones is 1. The minimum absolute atomic E-state index is 0.182. The summed E-state index contributed by atoms with van der Waals surface area (Å²) in [6.07, 6.45) is -4.17. The van der Waals surface area contributed by atoms with Crippen LogP contribution in [0.5, 0.6) is 0 Å². The van der Waals surface area contributed by atoms with Crippen LogP contribution in [0.3, 0.4) is 0 Å². The Balaban J connectivity index is 1.77. The van der Waals surface area contributed by atoms with Crippen molar-refractivity contribution in [3.05, 3.63) is 59.7 Å². The molecule has 1 fully saturated rings. The van der Waals surface area contributed by atoms with Gasteiger partial charge in [-0.15, -0.1) is 0 Å². The first kappa shape index (κ1) is 19.6. The number of nitrogens with one attached hydrogen (secondary N) is 2. The Kier molecular flexibility index (Phi) is 4.97. The van der Waals surface area contributed by atoms with Crippen molar-refractivity contribution in [2.24, 2.45) is 5.41 Å². The summed E-state index contributed by atoms with van der Waals surface area (Å²) < 4.78 is 39.3. The molecule has 0 unspecified atom stereocenters. The Morgan fingerprint density at radius 1 is 0.929 bits per heavy atom. The molecular weight excluding hydrogens is 373 g/mol. The summed E-state index contributed by atoms with van der Waals surface area (Å²) in [5, 5.41) is 4.82. The molecule has 1 aliphatic rings. The number of carbonyl (C=O) groups excluding carboxylic acids is 3. The highest BCUT2D eigenvalue weighted by Gasteiger charge is 2.56. The predicted octanol–water partition coefficient (Wildman–Crippen LogP) is 4.27. The highest BCUT2D eigenvalue weighted by atomic mass is 19.4. The average Bonchev–Trinajstić information content (AvgIpc) is 3.43. The van der Waals surface area contributed by atoms with Gasteiger partial charge in [-0.05, 0) is 44.0 Å². The van der Waals surface area contributed by atoms with Crippen molar-refractivity contribution in [2.45, 2.75) is 25.9 Å². The van der Waals surface area contributed by atoms with Gasteiger partial charge in [0.05, 0.1) is 11.3 Å². The van der Waals surface area contributed by atoms with Gasteiger partial charge in [-0.3, -0.25) is 14.4 Å². The SMILES string of the molecule is CC(=O)c1cccc(NC(=O)C2(C(=O)Nc3ccccc3C(F)(F)F)CC2)c1. The summed E-state index contributed by atoms with van der Waals surface area (Å²) in [7, 11) is 0. The Morgan fingerprint density at radius 3 is 2.18 bits per heavy atom. The molecule has 0 aliphatic heterocycles. The predicted molar refractivity (Wildman–Crippen MR) is 96.8 cm³/mol. The lowest BCUT2D eigenvalue weighted by Gasteiger charge is -2.18. The van der Waals surface area contributed by atoms with Gasteiger partial charge in [-0.2, -0.15) is 13.2 Å². The van der Waals surface area contributed by atoms with E-state index in [4.69, 9.17) is 0 Å². The molecule has 0 radical (unpaired) electrons. The Morgan fingerprint density at radius 2 is 1.57 bits per heavy atom. The summed E-state index contributed by atoms with van der Waals surface area (Å²) in [5.74, 6) is -1.58. The third kappa shape index (κ3) is 3.90. The second-order valence-electron chi connectivity index (χ2n) is 6.67. The molecule has 2 aromatic carbocycles. The van der Waals surface area contributed by atoms with Crippen molar-refractivity contribution in [1.29, 1.82) is 0 Å². The van der Waals surface area contributed by atoms with Crippen LogP contribution in [0, 0.1) is 5.41 Å². The normalized spacial score (nSPS) is 14.9. The minimum Gasteiger partial charge on any atom is -0.325 e. The molecule has 5 nitrogen and oxygen atoms in total. The summed E-state index contributed by atoms with van der Waals surface area (Å²) in [6.45, 7) is 1.38. The number of hydrogen-bond donors (Lipinski definition) is 2. The summed E-state index contributed by atoms with van der Waals surface area (Å²) in [4.78, 5) is 36.6. The molecule has 2 N–H and O–H groups in total. The van der Waals surface area contributed by atoms with Crippen LogP contribution < -0.4 is 10.6 Å². The standard InChI is InChI=1S/C20H17F3N2O3/c1-12(26)13-5-4-6-14(11-13)24-17(27)19(9-10-19)18(28)25-16-8-3-2-7-15(16)20(21,22)23/h2-8,11H,9-10H2,1H3,(H,24,27)(H,25,28). The first-order valence-electron chi connectivity index (χ1n) is 8.54. The summed E-state index contributed by atoms with van der Waals surface area (Å²) in [6, 6.07) is 10.8. The Bertz CT molecular complexity index is 950. The molecule has 8 heteroatoms. The van der Waals surface area contributed by atoms with E-state index in [9.17, 15) is 27.6 Å². The minimum atomic E-state index is -4.63. The van der Waals surface area contributed by atoms with Gasteiger partial charge in [-0.25, -0.2) is 0 Å². The molecule has 2 aromatic rings. The molecule has 1 saturated carbocycles. The van der Waals surface area contributed by atoms with Crippen molar-refractivity contribution in [2.75, 3.05) is 10.6 Å². The van der Waals surface area contributed by atoms with E-state index in [2.05, 4.69) is 10.6 Å². The quantitative estimate of drug-likeness (QED) is 0.592. The summed E-state index contributed by atoms with van der Waals surface area (Å²) in [5.41, 5.74) is -2.06. The van der Waals surface area contributed by atoms with E-state index in [0.29, 0.717) is 11.3 Å². The fourth-order valence-corrected chi connectivity index (χ4v) is 2.83. The molecule has 3 rings (SSSR count). The van der Waals surface area contributed by atoms with Crippen LogP contribution in [0.4, 0.5) is 24.5 Å². The number of Topliss-reactive ketones (excluding diaryl/α,β-unsaturated/α-hetero) is 1. The largest absolute Gasteiger partial charge is 0.418 e. The average molecular weight is 390 g/mol. The summed E-state index contributed by atoms with van der Waals surface area (Å²) >= 11 is 0. The fraction of sp³-hybridized carbons (Fsp3) is 0.250. The first-order valence-corrected chi connectivity index (χ1v) is 8.54. The number of anilines is 2. The maximum atomic E-state index is 13.1. The van der Waals surface area contributed by atoms with Crippen molar-refractivity contribution in [3.63, 3.8) is 0 Å². The van der Waals surface area contributed by atoms with E-state index in [1.165, 1.54) is 25.1 Å². The molecule has 0 aromatic heterocycles. The number of halogens is 3. The molecule has 0 atom stereocenters. The van der Waals surface area contributed by atoms with Crippen LogP contribution in [0.15, 0.2) is 48.5 Å². The highest BCUT2D eigenvalue weighted by Crippen LogP contribution is 2.48. The molecule has 2 amide bonds. The third-order valence-corrected chi connectivity index (χ3v) is 4.63. The van der Waals surface area contributed by atoms with Gasteiger partial charge in [0.15, 0.2) is 5.78 Å². The maximum Gasteiger partial charge on any atom is 0.418 e. The zero-order chi connectivity index (χ0) is 20.5. The number of para-hydroxylation sites is 1. The zero-order valence-electron chi connectivity index (χ0n) is 14.9. The Hall–Kier alpha value is -3.16. The second kappa shape index (κ2) is 7.10. The lowest BCUT2D eigenvalue weighted by Crippen LogP contribution is -2.36. The number of carbonyl (C=O) groups is 3. The van der Waals surface area contributed by atoms with E-state index in [0.717, 1.165) is 12.1 Å². The number of amides is 2. The molecule has 0 bridgehead atoms.